The normalized spacial score (nSPS) is 10.6. The molecule has 2 aromatic carbocycles. The van der Waals surface area contributed by atoms with Crippen molar-refractivity contribution in [2.45, 2.75) is 6.61 Å². The number of rotatable bonds is 8. The molecular weight excluding hydrogens is 337 g/mol. The van der Waals surface area contributed by atoms with Crippen molar-refractivity contribution in [2.24, 2.45) is 0 Å². The van der Waals surface area contributed by atoms with Crippen LogP contribution in [0.5, 0.6) is 11.5 Å². The van der Waals surface area contributed by atoms with Gasteiger partial charge in [-0.15, -0.1) is 0 Å². The van der Waals surface area contributed by atoms with Crippen LogP contribution in [0.1, 0.15) is 11.1 Å². The fourth-order valence-corrected chi connectivity index (χ4v) is 2.14. The SMILES string of the molecule is COc1ccc(C=CC(=O)NOCc2ccc(B(O)O)cc2)cc1OC. The first-order valence-electron chi connectivity index (χ1n) is 7.80. The van der Waals surface area contributed by atoms with E-state index in [1.807, 2.05) is 0 Å². The monoisotopic (exact) mass is 357 g/mol. The Morgan fingerprint density at radius 2 is 1.77 bits per heavy atom. The Kier molecular flexibility index (Phi) is 7.22. The molecule has 0 aliphatic heterocycles. The number of benzene rings is 2. The van der Waals surface area contributed by atoms with Gasteiger partial charge in [0.15, 0.2) is 11.5 Å². The second kappa shape index (κ2) is 9.62. The van der Waals surface area contributed by atoms with Crippen LogP contribution < -0.4 is 20.4 Å². The van der Waals surface area contributed by atoms with Gasteiger partial charge in [-0.1, -0.05) is 30.3 Å². The van der Waals surface area contributed by atoms with Gasteiger partial charge in [0.1, 0.15) is 0 Å². The summed E-state index contributed by atoms with van der Waals surface area (Å²) in [6.07, 6.45) is 2.96. The molecule has 7 nitrogen and oxygen atoms in total. The van der Waals surface area contributed by atoms with Crippen molar-refractivity contribution < 1.29 is 29.2 Å². The third-order valence-corrected chi connectivity index (χ3v) is 3.52. The zero-order valence-corrected chi connectivity index (χ0v) is 14.5. The van der Waals surface area contributed by atoms with Crippen molar-refractivity contribution in [1.82, 2.24) is 5.48 Å². The Hall–Kier alpha value is -2.81. The predicted molar refractivity (Wildman–Crippen MR) is 97.8 cm³/mol. The van der Waals surface area contributed by atoms with Gasteiger partial charge >= 0.3 is 7.12 Å². The second-order valence-corrected chi connectivity index (χ2v) is 5.32. The summed E-state index contributed by atoms with van der Waals surface area (Å²) in [5.74, 6) is 0.766. The number of hydroxylamine groups is 1. The first-order chi connectivity index (χ1) is 12.5. The average Bonchev–Trinajstić information content (AvgIpc) is 2.66. The van der Waals surface area contributed by atoms with Crippen molar-refractivity contribution in [3.05, 3.63) is 59.7 Å². The third-order valence-electron chi connectivity index (χ3n) is 3.52. The molecular formula is C18H20BNO6. The first-order valence-corrected chi connectivity index (χ1v) is 7.80. The quantitative estimate of drug-likeness (QED) is 0.365. The summed E-state index contributed by atoms with van der Waals surface area (Å²) in [6.45, 7) is 0.151. The summed E-state index contributed by atoms with van der Waals surface area (Å²) in [7, 11) is 1.59. The molecule has 1 amide bonds. The minimum absolute atomic E-state index is 0.151. The molecule has 8 heteroatoms. The number of carbonyl (C=O) groups is 1. The molecule has 0 aliphatic rings. The summed E-state index contributed by atoms with van der Waals surface area (Å²) < 4.78 is 10.4. The van der Waals surface area contributed by atoms with Crippen molar-refractivity contribution in [3.8, 4) is 11.5 Å². The van der Waals surface area contributed by atoms with E-state index in [4.69, 9.17) is 24.4 Å². The standard InChI is InChI=1S/C18H20BNO6/c1-24-16-9-5-13(11-17(16)25-2)6-10-18(21)20-26-12-14-3-7-15(8-4-14)19(22)23/h3-11,22-23H,12H2,1-2H3,(H,20,21). The van der Waals surface area contributed by atoms with E-state index in [0.29, 0.717) is 17.0 Å². The van der Waals surface area contributed by atoms with E-state index < -0.39 is 13.0 Å². The van der Waals surface area contributed by atoms with Gasteiger partial charge in [0.05, 0.1) is 20.8 Å². The van der Waals surface area contributed by atoms with Crippen LogP contribution in [-0.2, 0) is 16.2 Å². The molecule has 3 N–H and O–H groups in total. The molecule has 0 saturated heterocycles. The van der Waals surface area contributed by atoms with Crippen LogP contribution in [0, 0.1) is 0 Å². The molecule has 0 spiro atoms. The number of nitrogens with one attached hydrogen (secondary N) is 1. The second-order valence-electron chi connectivity index (χ2n) is 5.32. The van der Waals surface area contributed by atoms with Gasteiger partial charge in [-0.25, -0.2) is 5.48 Å². The van der Waals surface area contributed by atoms with Gasteiger partial charge in [0, 0.05) is 6.08 Å². The van der Waals surface area contributed by atoms with Crippen molar-refractivity contribution >= 4 is 24.6 Å². The number of hydrogen-bond donors (Lipinski definition) is 3. The molecule has 0 heterocycles. The lowest BCUT2D eigenvalue weighted by Crippen LogP contribution is -2.29. The summed E-state index contributed by atoms with van der Waals surface area (Å²) in [4.78, 5) is 16.9. The highest BCUT2D eigenvalue weighted by molar-refractivity contribution is 6.58. The summed E-state index contributed by atoms with van der Waals surface area (Å²) in [5.41, 5.74) is 4.24. The van der Waals surface area contributed by atoms with Crippen LogP contribution in [0.4, 0.5) is 0 Å². The maximum absolute atomic E-state index is 11.8. The maximum atomic E-state index is 11.8. The number of carbonyl (C=O) groups excluding carboxylic acids is 1. The van der Waals surface area contributed by atoms with Gasteiger partial charge in [0.2, 0.25) is 0 Å². The van der Waals surface area contributed by atoms with Gasteiger partial charge in [-0.2, -0.15) is 0 Å². The van der Waals surface area contributed by atoms with Crippen LogP contribution >= 0.6 is 0 Å². The highest BCUT2D eigenvalue weighted by Gasteiger charge is 2.09. The van der Waals surface area contributed by atoms with E-state index in [1.54, 1.807) is 62.8 Å². The third kappa shape index (κ3) is 5.63. The minimum atomic E-state index is -1.51. The molecule has 0 unspecified atom stereocenters. The van der Waals surface area contributed by atoms with Gasteiger partial charge in [0.25, 0.3) is 5.91 Å². The van der Waals surface area contributed by atoms with E-state index in [2.05, 4.69) is 5.48 Å². The van der Waals surface area contributed by atoms with E-state index in [0.717, 1.165) is 11.1 Å². The zero-order chi connectivity index (χ0) is 18.9. The van der Waals surface area contributed by atoms with Gasteiger partial charge in [-0.3, -0.25) is 9.63 Å². The van der Waals surface area contributed by atoms with Crippen LogP contribution in [0.3, 0.4) is 0 Å². The summed E-state index contributed by atoms with van der Waals surface area (Å²) in [6, 6.07) is 11.8. The molecule has 136 valence electrons. The van der Waals surface area contributed by atoms with Crippen molar-refractivity contribution in [1.29, 1.82) is 0 Å². The molecule has 2 rings (SSSR count). The lowest BCUT2D eigenvalue weighted by Gasteiger charge is -2.07. The maximum Gasteiger partial charge on any atom is 0.488 e. The van der Waals surface area contributed by atoms with E-state index in [1.165, 1.54) is 6.08 Å². The van der Waals surface area contributed by atoms with E-state index in [9.17, 15) is 4.79 Å². The number of ether oxygens (including phenoxy) is 2. The van der Waals surface area contributed by atoms with E-state index >= 15 is 0 Å². The molecule has 0 radical (unpaired) electrons. The largest absolute Gasteiger partial charge is 0.493 e. The Balaban J connectivity index is 1.83. The molecule has 0 aliphatic carbocycles. The summed E-state index contributed by atoms with van der Waals surface area (Å²) >= 11 is 0. The van der Waals surface area contributed by atoms with E-state index in [-0.39, 0.29) is 6.61 Å². The predicted octanol–water partition coefficient (Wildman–Crippen LogP) is 0.645. The van der Waals surface area contributed by atoms with Gasteiger partial charge < -0.3 is 19.5 Å². The fraction of sp³-hybridized carbons (Fsp3) is 0.167. The van der Waals surface area contributed by atoms with Crippen LogP contribution in [0.15, 0.2) is 48.5 Å². The topological polar surface area (TPSA) is 97.3 Å². The van der Waals surface area contributed by atoms with Crippen LogP contribution in [-0.4, -0.2) is 37.3 Å². The van der Waals surface area contributed by atoms with Crippen molar-refractivity contribution in [3.63, 3.8) is 0 Å². The Labute approximate surface area is 151 Å². The van der Waals surface area contributed by atoms with Crippen LogP contribution in [0.25, 0.3) is 6.08 Å². The molecule has 26 heavy (non-hydrogen) atoms. The number of methoxy groups -OCH3 is 2. The lowest BCUT2D eigenvalue weighted by molar-refractivity contribution is -0.129. The Bertz CT molecular complexity index is 761. The first kappa shape index (κ1) is 19.5. The Morgan fingerprint density at radius 3 is 2.38 bits per heavy atom. The highest BCUT2D eigenvalue weighted by Crippen LogP contribution is 2.27. The minimum Gasteiger partial charge on any atom is -0.493 e. The molecule has 0 saturated carbocycles. The van der Waals surface area contributed by atoms with Gasteiger partial charge in [-0.05, 0) is 34.8 Å². The van der Waals surface area contributed by atoms with Crippen molar-refractivity contribution in [2.75, 3.05) is 14.2 Å². The highest BCUT2D eigenvalue weighted by atomic mass is 16.6. The summed E-state index contributed by atoms with van der Waals surface area (Å²) in [5, 5.41) is 18.0. The smallest absolute Gasteiger partial charge is 0.488 e. The lowest BCUT2D eigenvalue weighted by atomic mass is 9.80. The molecule has 0 atom stereocenters. The zero-order valence-electron chi connectivity index (χ0n) is 14.5. The number of amides is 1. The fourth-order valence-electron chi connectivity index (χ4n) is 2.14. The van der Waals surface area contributed by atoms with Crippen LogP contribution in [0.2, 0.25) is 0 Å². The number of hydrogen-bond acceptors (Lipinski definition) is 6. The Morgan fingerprint density at radius 1 is 1.08 bits per heavy atom. The molecule has 0 bridgehead atoms. The average molecular weight is 357 g/mol. The molecule has 0 fully saturated rings. The molecule has 2 aromatic rings. The molecule has 0 aromatic heterocycles.